The summed E-state index contributed by atoms with van der Waals surface area (Å²) in [6, 6.07) is 9.79. The second-order valence-corrected chi connectivity index (χ2v) is 7.66. The molecule has 164 valence electrons. The average molecular weight is 450 g/mol. The fourth-order valence-electron chi connectivity index (χ4n) is 3.01. The Morgan fingerprint density at radius 2 is 1.87 bits per heavy atom. The molecular formula is C22H21F3N2O3S. The van der Waals surface area contributed by atoms with Crippen LogP contribution >= 0.6 is 11.3 Å². The van der Waals surface area contributed by atoms with Gasteiger partial charge in [0.25, 0.3) is 0 Å². The van der Waals surface area contributed by atoms with Gasteiger partial charge in [-0.25, -0.2) is 4.98 Å². The average Bonchev–Trinajstić information content (AvgIpc) is 3.20. The van der Waals surface area contributed by atoms with E-state index in [1.807, 2.05) is 6.07 Å². The van der Waals surface area contributed by atoms with E-state index in [9.17, 15) is 18.0 Å². The second-order valence-electron chi connectivity index (χ2n) is 6.80. The Bertz CT molecular complexity index is 1070. The van der Waals surface area contributed by atoms with E-state index in [-0.39, 0.29) is 12.3 Å². The minimum atomic E-state index is -4.43. The van der Waals surface area contributed by atoms with Crippen molar-refractivity contribution in [3.63, 3.8) is 0 Å². The molecule has 0 radical (unpaired) electrons. The lowest BCUT2D eigenvalue weighted by Crippen LogP contribution is -2.28. The second kappa shape index (κ2) is 9.38. The third-order valence-corrected chi connectivity index (χ3v) is 5.56. The summed E-state index contributed by atoms with van der Waals surface area (Å²) in [4.78, 5) is 16.9. The molecule has 5 nitrogen and oxygen atoms in total. The van der Waals surface area contributed by atoms with Crippen molar-refractivity contribution in [2.45, 2.75) is 25.6 Å². The van der Waals surface area contributed by atoms with Crippen LogP contribution in [0, 0.1) is 0 Å². The molecule has 1 amide bonds. The number of amides is 1. The Morgan fingerprint density at radius 1 is 1.13 bits per heavy atom. The molecule has 0 saturated carbocycles. The van der Waals surface area contributed by atoms with Gasteiger partial charge in [0.2, 0.25) is 5.91 Å². The quantitative estimate of drug-likeness (QED) is 0.533. The number of hydrogen-bond acceptors (Lipinski definition) is 5. The van der Waals surface area contributed by atoms with E-state index in [0.717, 1.165) is 22.7 Å². The lowest BCUT2D eigenvalue weighted by molar-refractivity contribution is -0.137. The molecule has 0 spiro atoms. The largest absolute Gasteiger partial charge is 0.493 e. The number of nitrogens with zero attached hydrogens (tertiary/aromatic N) is 1. The van der Waals surface area contributed by atoms with Gasteiger partial charge >= 0.3 is 6.18 Å². The van der Waals surface area contributed by atoms with Crippen molar-refractivity contribution in [2.75, 3.05) is 14.2 Å². The van der Waals surface area contributed by atoms with Crippen LogP contribution in [0.2, 0.25) is 0 Å². The number of nitrogens with one attached hydrogen (secondary N) is 1. The molecule has 1 N–H and O–H groups in total. The molecule has 0 bridgehead atoms. The van der Waals surface area contributed by atoms with Crippen molar-refractivity contribution >= 4 is 17.2 Å². The smallest absolute Gasteiger partial charge is 0.416 e. The first kappa shape index (κ1) is 22.6. The molecule has 3 rings (SSSR count). The number of hydrogen-bond donors (Lipinski definition) is 1. The first-order valence-electron chi connectivity index (χ1n) is 9.34. The minimum absolute atomic E-state index is 0.0209. The number of alkyl halides is 3. The summed E-state index contributed by atoms with van der Waals surface area (Å²) in [5.41, 5.74) is 1.04. The molecule has 1 aromatic heterocycles. The van der Waals surface area contributed by atoms with Gasteiger partial charge in [0.15, 0.2) is 11.5 Å². The van der Waals surface area contributed by atoms with Gasteiger partial charge in [0.05, 0.1) is 37.9 Å². The fraction of sp³-hybridized carbons (Fsp3) is 0.273. The SMILES string of the molecule is COc1ccc(-c2nc(CC(=O)NC(C)c3cccc(C(F)(F)F)c3)cs2)cc1OC. The third kappa shape index (κ3) is 5.55. The van der Waals surface area contributed by atoms with Gasteiger partial charge in [-0.15, -0.1) is 11.3 Å². The maximum absolute atomic E-state index is 12.9. The van der Waals surface area contributed by atoms with Gasteiger partial charge in [-0.2, -0.15) is 13.2 Å². The van der Waals surface area contributed by atoms with Crippen LogP contribution in [-0.2, 0) is 17.4 Å². The van der Waals surface area contributed by atoms with Crippen LogP contribution in [-0.4, -0.2) is 25.1 Å². The van der Waals surface area contributed by atoms with E-state index in [0.29, 0.717) is 22.8 Å². The molecule has 1 unspecified atom stereocenters. The Morgan fingerprint density at radius 3 is 2.55 bits per heavy atom. The summed E-state index contributed by atoms with van der Waals surface area (Å²) in [7, 11) is 3.10. The summed E-state index contributed by atoms with van der Waals surface area (Å²) in [6.07, 6.45) is -4.41. The molecule has 1 heterocycles. The summed E-state index contributed by atoms with van der Waals surface area (Å²) in [5.74, 6) is 0.851. The third-order valence-electron chi connectivity index (χ3n) is 4.62. The lowest BCUT2D eigenvalue weighted by Gasteiger charge is -2.16. The normalized spacial score (nSPS) is 12.3. The van der Waals surface area contributed by atoms with Crippen LogP contribution in [0.3, 0.4) is 0 Å². The van der Waals surface area contributed by atoms with Crippen LogP contribution < -0.4 is 14.8 Å². The zero-order chi connectivity index (χ0) is 22.6. The van der Waals surface area contributed by atoms with Crippen molar-refractivity contribution in [3.8, 4) is 22.1 Å². The van der Waals surface area contributed by atoms with Crippen LogP contribution in [0.15, 0.2) is 47.8 Å². The number of benzene rings is 2. The van der Waals surface area contributed by atoms with Crippen LogP contribution in [0.1, 0.15) is 29.8 Å². The monoisotopic (exact) mass is 450 g/mol. The first-order valence-corrected chi connectivity index (χ1v) is 10.2. The maximum Gasteiger partial charge on any atom is 0.416 e. The number of aromatic nitrogens is 1. The Labute approximate surface area is 181 Å². The predicted octanol–water partition coefficient (Wildman–Crippen LogP) is 5.27. The molecule has 2 aromatic carbocycles. The van der Waals surface area contributed by atoms with Gasteiger partial charge in [-0.3, -0.25) is 4.79 Å². The van der Waals surface area contributed by atoms with Crippen molar-refractivity contribution in [3.05, 3.63) is 64.7 Å². The number of thiazole rings is 1. The Hall–Kier alpha value is -3.07. The highest BCUT2D eigenvalue weighted by atomic mass is 32.1. The summed E-state index contributed by atoms with van der Waals surface area (Å²) < 4.78 is 49.2. The molecule has 0 saturated heterocycles. The van der Waals surface area contributed by atoms with E-state index in [1.54, 1.807) is 44.7 Å². The highest BCUT2D eigenvalue weighted by Gasteiger charge is 2.30. The first-order chi connectivity index (χ1) is 14.7. The van der Waals surface area contributed by atoms with E-state index in [4.69, 9.17) is 9.47 Å². The molecule has 0 fully saturated rings. The van der Waals surface area contributed by atoms with E-state index in [2.05, 4.69) is 10.3 Å². The fourth-order valence-corrected chi connectivity index (χ4v) is 3.83. The Kier molecular flexibility index (Phi) is 6.84. The van der Waals surface area contributed by atoms with Crippen LogP contribution in [0.4, 0.5) is 13.2 Å². The molecule has 0 aliphatic carbocycles. The number of methoxy groups -OCH3 is 2. The zero-order valence-electron chi connectivity index (χ0n) is 17.1. The van der Waals surface area contributed by atoms with Gasteiger partial charge in [0, 0.05) is 10.9 Å². The van der Waals surface area contributed by atoms with Crippen LogP contribution in [0.5, 0.6) is 11.5 Å². The van der Waals surface area contributed by atoms with Gasteiger partial charge in [-0.05, 0) is 42.8 Å². The predicted molar refractivity (Wildman–Crippen MR) is 112 cm³/mol. The highest BCUT2D eigenvalue weighted by Crippen LogP contribution is 2.34. The zero-order valence-corrected chi connectivity index (χ0v) is 17.9. The van der Waals surface area contributed by atoms with Crippen molar-refractivity contribution < 1.29 is 27.4 Å². The van der Waals surface area contributed by atoms with Crippen molar-refractivity contribution in [1.29, 1.82) is 0 Å². The molecule has 3 aromatic rings. The standard InChI is InChI=1S/C22H21F3N2O3S/c1-13(14-5-4-6-16(9-14)22(23,24)25)26-20(28)11-17-12-31-21(27-17)15-7-8-18(29-2)19(10-15)30-3/h4-10,12-13H,11H2,1-3H3,(H,26,28). The lowest BCUT2D eigenvalue weighted by atomic mass is 10.0. The summed E-state index contributed by atoms with van der Waals surface area (Å²) in [5, 5.41) is 5.22. The molecule has 1 atom stereocenters. The molecule has 9 heteroatoms. The van der Waals surface area contributed by atoms with E-state index < -0.39 is 17.8 Å². The molecular weight excluding hydrogens is 429 g/mol. The summed E-state index contributed by atoms with van der Waals surface area (Å²) in [6.45, 7) is 1.64. The number of carbonyl (C=O) groups excluding carboxylic acids is 1. The minimum Gasteiger partial charge on any atom is -0.493 e. The van der Waals surface area contributed by atoms with Crippen molar-refractivity contribution in [2.24, 2.45) is 0 Å². The Balaban J connectivity index is 1.66. The number of rotatable bonds is 7. The van der Waals surface area contributed by atoms with E-state index in [1.165, 1.54) is 17.4 Å². The van der Waals surface area contributed by atoms with Crippen molar-refractivity contribution in [1.82, 2.24) is 10.3 Å². The van der Waals surface area contributed by atoms with Crippen LogP contribution in [0.25, 0.3) is 10.6 Å². The van der Waals surface area contributed by atoms with Gasteiger partial charge < -0.3 is 14.8 Å². The van der Waals surface area contributed by atoms with Gasteiger partial charge in [0.1, 0.15) is 5.01 Å². The molecule has 31 heavy (non-hydrogen) atoms. The number of halogens is 3. The number of ether oxygens (including phenoxy) is 2. The number of carbonyl (C=O) groups is 1. The molecule has 0 aliphatic rings. The molecule has 0 aliphatic heterocycles. The van der Waals surface area contributed by atoms with Gasteiger partial charge in [-0.1, -0.05) is 12.1 Å². The summed E-state index contributed by atoms with van der Waals surface area (Å²) >= 11 is 1.38. The maximum atomic E-state index is 12.9. The topological polar surface area (TPSA) is 60.5 Å². The van der Waals surface area contributed by atoms with E-state index >= 15 is 0 Å². The highest BCUT2D eigenvalue weighted by molar-refractivity contribution is 7.13.